The van der Waals surface area contributed by atoms with E-state index >= 15 is 0 Å². The summed E-state index contributed by atoms with van der Waals surface area (Å²) in [4.78, 5) is 3.90. The normalized spacial score (nSPS) is 10.3. The second kappa shape index (κ2) is 3.26. The predicted molar refractivity (Wildman–Crippen MR) is 42.6 cm³/mol. The molecule has 10 heavy (non-hydrogen) atoms. The highest BCUT2D eigenvalue weighted by atomic mass is 35.5. The third-order valence-corrected chi connectivity index (χ3v) is 1.92. The lowest BCUT2D eigenvalue weighted by molar-refractivity contribution is 0.836. The van der Waals surface area contributed by atoms with Gasteiger partial charge in [-0.15, -0.1) is 11.6 Å². The molecule has 0 aliphatic heterocycles. The highest BCUT2D eigenvalue weighted by Gasteiger charge is 2.01. The standard InChI is InChI=1S/C6H8Cl2N2/c1-10-5(2-3-7)4-9-6(10)8/h4H,2-3H2,1H3. The smallest absolute Gasteiger partial charge is 0.202 e. The van der Waals surface area contributed by atoms with Crippen LogP contribution >= 0.6 is 23.2 Å². The van der Waals surface area contributed by atoms with Gasteiger partial charge in [0, 0.05) is 31.2 Å². The maximum atomic E-state index is 5.67. The average molecular weight is 179 g/mol. The number of alkyl halides is 1. The zero-order valence-corrected chi connectivity index (χ0v) is 7.15. The van der Waals surface area contributed by atoms with E-state index in [0.717, 1.165) is 12.1 Å². The summed E-state index contributed by atoms with van der Waals surface area (Å²) in [6.45, 7) is 0. The van der Waals surface area contributed by atoms with Crippen molar-refractivity contribution in [2.24, 2.45) is 7.05 Å². The summed E-state index contributed by atoms with van der Waals surface area (Å²) in [5, 5.41) is 0.514. The van der Waals surface area contributed by atoms with Crippen molar-refractivity contribution in [2.45, 2.75) is 6.42 Å². The molecule has 0 saturated heterocycles. The van der Waals surface area contributed by atoms with Gasteiger partial charge < -0.3 is 4.57 Å². The van der Waals surface area contributed by atoms with Gasteiger partial charge >= 0.3 is 0 Å². The highest BCUT2D eigenvalue weighted by molar-refractivity contribution is 6.28. The largest absolute Gasteiger partial charge is 0.322 e. The van der Waals surface area contributed by atoms with Crippen LogP contribution in [-0.2, 0) is 13.5 Å². The zero-order valence-electron chi connectivity index (χ0n) is 5.64. The molecule has 0 atom stereocenters. The Morgan fingerprint density at radius 2 is 2.40 bits per heavy atom. The van der Waals surface area contributed by atoms with Crippen LogP contribution in [0.25, 0.3) is 0 Å². The van der Waals surface area contributed by atoms with Crippen LogP contribution in [0.1, 0.15) is 5.69 Å². The number of halogens is 2. The van der Waals surface area contributed by atoms with Crippen LogP contribution in [0.4, 0.5) is 0 Å². The fraction of sp³-hybridized carbons (Fsp3) is 0.500. The number of aryl methyl sites for hydroxylation is 1. The van der Waals surface area contributed by atoms with Gasteiger partial charge in [-0.2, -0.15) is 0 Å². The maximum absolute atomic E-state index is 5.67. The Labute approximate surface area is 69.8 Å². The van der Waals surface area contributed by atoms with E-state index in [9.17, 15) is 0 Å². The molecule has 0 fully saturated rings. The van der Waals surface area contributed by atoms with E-state index in [-0.39, 0.29) is 0 Å². The molecule has 1 aromatic heterocycles. The second-order valence-electron chi connectivity index (χ2n) is 2.02. The molecule has 0 N–H and O–H groups in total. The van der Waals surface area contributed by atoms with Crippen molar-refractivity contribution in [2.75, 3.05) is 5.88 Å². The number of hydrogen-bond donors (Lipinski definition) is 0. The quantitative estimate of drug-likeness (QED) is 0.633. The Bertz CT molecular complexity index is 220. The van der Waals surface area contributed by atoms with Crippen molar-refractivity contribution in [3.63, 3.8) is 0 Å². The molecule has 0 saturated carbocycles. The van der Waals surface area contributed by atoms with E-state index in [1.54, 1.807) is 6.20 Å². The lowest BCUT2D eigenvalue weighted by Gasteiger charge is -1.97. The molecule has 0 aliphatic rings. The van der Waals surface area contributed by atoms with Crippen LogP contribution in [0.15, 0.2) is 6.20 Å². The van der Waals surface area contributed by atoms with Crippen molar-refractivity contribution >= 4 is 23.2 Å². The molecule has 1 rings (SSSR count). The number of hydrogen-bond acceptors (Lipinski definition) is 1. The van der Waals surface area contributed by atoms with Crippen LogP contribution in [0, 0.1) is 0 Å². The van der Waals surface area contributed by atoms with E-state index in [1.807, 2.05) is 11.6 Å². The molecular weight excluding hydrogens is 171 g/mol. The van der Waals surface area contributed by atoms with E-state index in [2.05, 4.69) is 4.98 Å². The summed E-state index contributed by atoms with van der Waals surface area (Å²) in [5.74, 6) is 0.607. The molecule has 1 aromatic rings. The number of imidazole rings is 1. The first-order chi connectivity index (χ1) is 4.75. The van der Waals surface area contributed by atoms with Gasteiger partial charge in [0.05, 0.1) is 0 Å². The zero-order chi connectivity index (χ0) is 7.56. The van der Waals surface area contributed by atoms with E-state index < -0.39 is 0 Å². The highest BCUT2D eigenvalue weighted by Crippen LogP contribution is 2.08. The van der Waals surface area contributed by atoms with Gasteiger partial charge in [0.2, 0.25) is 5.28 Å². The fourth-order valence-electron chi connectivity index (χ4n) is 0.749. The van der Waals surface area contributed by atoms with Gasteiger partial charge in [-0.25, -0.2) is 4.98 Å². The summed E-state index contributed by atoms with van der Waals surface area (Å²) in [6, 6.07) is 0. The topological polar surface area (TPSA) is 17.8 Å². The minimum absolute atomic E-state index is 0.514. The summed E-state index contributed by atoms with van der Waals surface area (Å²) >= 11 is 11.2. The fourth-order valence-corrected chi connectivity index (χ4v) is 1.10. The SMILES string of the molecule is Cn1c(CCCl)cnc1Cl. The molecule has 0 unspecified atom stereocenters. The first kappa shape index (κ1) is 7.89. The van der Waals surface area contributed by atoms with Crippen molar-refractivity contribution in [3.05, 3.63) is 17.2 Å². The molecule has 0 amide bonds. The van der Waals surface area contributed by atoms with Crippen molar-refractivity contribution < 1.29 is 0 Å². The molecule has 0 spiro atoms. The van der Waals surface area contributed by atoms with Gasteiger partial charge in [-0.3, -0.25) is 0 Å². The van der Waals surface area contributed by atoms with E-state index in [0.29, 0.717) is 11.2 Å². The van der Waals surface area contributed by atoms with E-state index in [1.165, 1.54) is 0 Å². The maximum Gasteiger partial charge on any atom is 0.202 e. The van der Waals surface area contributed by atoms with Crippen LogP contribution in [0.5, 0.6) is 0 Å². The van der Waals surface area contributed by atoms with E-state index in [4.69, 9.17) is 23.2 Å². The molecule has 1 heterocycles. The minimum Gasteiger partial charge on any atom is -0.322 e. The van der Waals surface area contributed by atoms with Gasteiger partial charge in [-0.05, 0) is 11.6 Å². The summed E-state index contributed by atoms with van der Waals surface area (Å²) < 4.78 is 1.82. The Kier molecular flexibility index (Phi) is 2.57. The molecule has 0 radical (unpaired) electrons. The van der Waals surface area contributed by atoms with Crippen LogP contribution in [-0.4, -0.2) is 15.4 Å². The second-order valence-corrected chi connectivity index (χ2v) is 2.73. The summed E-state index contributed by atoms with van der Waals surface area (Å²) in [6.07, 6.45) is 2.56. The minimum atomic E-state index is 0.514. The van der Waals surface area contributed by atoms with Gasteiger partial charge in [-0.1, -0.05) is 0 Å². The van der Waals surface area contributed by atoms with Crippen molar-refractivity contribution in [1.82, 2.24) is 9.55 Å². The molecule has 0 aromatic carbocycles. The van der Waals surface area contributed by atoms with Gasteiger partial charge in [0.25, 0.3) is 0 Å². The van der Waals surface area contributed by atoms with Crippen LogP contribution in [0.3, 0.4) is 0 Å². The monoisotopic (exact) mass is 178 g/mol. The molecule has 56 valence electrons. The summed E-state index contributed by atoms with van der Waals surface area (Å²) in [7, 11) is 1.87. The number of aromatic nitrogens is 2. The molecule has 4 heteroatoms. The summed E-state index contributed by atoms with van der Waals surface area (Å²) in [5.41, 5.74) is 1.07. The Balaban J connectivity index is 2.83. The van der Waals surface area contributed by atoms with Gasteiger partial charge in [0.1, 0.15) is 0 Å². The van der Waals surface area contributed by atoms with Crippen LogP contribution in [0.2, 0.25) is 5.28 Å². The molecule has 0 bridgehead atoms. The third kappa shape index (κ3) is 1.44. The first-order valence-corrected chi connectivity index (χ1v) is 3.89. The first-order valence-electron chi connectivity index (χ1n) is 2.97. The lowest BCUT2D eigenvalue weighted by Crippen LogP contribution is -1.96. The lowest BCUT2D eigenvalue weighted by atomic mass is 10.4. The number of rotatable bonds is 2. The Morgan fingerprint density at radius 1 is 1.70 bits per heavy atom. The Hall–Kier alpha value is -0.210. The predicted octanol–water partition coefficient (Wildman–Crippen LogP) is 1.85. The number of nitrogens with zero attached hydrogens (tertiary/aromatic N) is 2. The van der Waals surface area contributed by atoms with Crippen LogP contribution < -0.4 is 0 Å². The molecule has 0 aliphatic carbocycles. The van der Waals surface area contributed by atoms with Crippen molar-refractivity contribution in [3.8, 4) is 0 Å². The third-order valence-electron chi connectivity index (χ3n) is 1.38. The molecular formula is C6H8Cl2N2. The average Bonchev–Trinajstić information content (AvgIpc) is 2.20. The van der Waals surface area contributed by atoms with Gasteiger partial charge in [0.15, 0.2) is 0 Å². The van der Waals surface area contributed by atoms with Crippen molar-refractivity contribution in [1.29, 1.82) is 0 Å². The Morgan fingerprint density at radius 3 is 2.80 bits per heavy atom. The molecule has 2 nitrogen and oxygen atoms in total.